The number of ether oxygens (including phenoxy) is 2. The first-order chi connectivity index (χ1) is 11.6. The van der Waals surface area contributed by atoms with Gasteiger partial charge in [0.1, 0.15) is 11.3 Å². The highest BCUT2D eigenvalue weighted by atomic mass is 79.9. The molecule has 122 valence electrons. The fraction of sp³-hybridized carbons (Fsp3) is 0.158. The third-order valence-electron chi connectivity index (χ3n) is 3.49. The van der Waals surface area contributed by atoms with Crippen molar-refractivity contribution in [2.45, 2.75) is 13.8 Å². The number of carbonyl (C=O) groups excluding carboxylic acids is 1. The number of benzene rings is 2. The summed E-state index contributed by atoms with van der Waals surface area (Å²) in [5, 5.41) is 0.929. The fourth-order valence-corrected chi connectivity index (χ4v) is 2.85. The molecule has 0 N–H and O–H groups in total. The van der Waals surface area contributed by atoms with Gasteiger partial charge in [-0.15, -0.1) is 0 Å². The number of halogens is 1. The van der Waals surface area contributed by atoms with Crippen LogP contribution in [0.3, 0.4) is 0 Å². The van der Waals surface area contributed by atoms with E-state index in [1.54, 1.807) is 24.3 Å². The van der Waals surface area contributed by atoms with E-state index < -0.39 is 5.97 Å². The molecular weight excluding hydrogens is 370 g/mol. The smallest absolute Gasteiger partial charge is 0.343 e. The molecular formula is C19H16BrNO3. The third-order valence-corrected chi connectivity index (χ3v) is 4.11. The largest absolute Gasteiger partial charge is 0.493 e. The molecule has 0 atom stereocenters. The number of nitrogens with zero attached hydrogens (tertiary/aromatic N) is 1. The van der Waals surface area contributed by atoms with Gasteiger partial charge in [-0.25, -0.2) is 9.78 Å². The van der Waals surface area contributed by atoms with Crippen molar-refractivity contribution in [1.29, 1.82) is 0 Å². The first kappa shape index (κ1) is 16.5. The Balaban J connectivity index is 1.90. The Labute approximate surface area is 148 Å². The molecule has 0 aliphatic carbocycles. The van der Waals surface area contributed by atoms with Crippen LogP contribution in [0.4, 0.5) is 0 Å². The maximum absolute atomic E-state index is 12.5. The summed E-state index contributed by atoms with van der Waals surface area (Å²) < 4.78 is 11.7. The minimum atomic E-state index is -0.436. The monoisotopic (exact) mass is 385 g/mol. The molecule has 24 heavy (non-hydrogen) atoms. The Morgan fingerprint density at radius 3 is 2.71 bits per heavy atom. The van der Waals surface area contributed by atoms with E-state index in [1.165, 1.54) is 0 Å². The first-order valence-electron chi connectivity index (χ1n) is 7.59. The van der Waals surface area contributed by atoms with Crippen molar-refractivity contribution in [3.05, 3.63) is 64.3 Å². The van der Waals surface area contributed by atoms with E-state index in [1.807, 2.05) is 38.1 Å². The lowest BCUT2D eigenvalue weighted by molar-refractivity contribution is 0.0736. The van der Waals surface area contributed by atoms with Crippen LogP contribution in [0.15, 0.2) is 53.0 Å². The van der Waals surface area contributed by atoms with Crippen LogP contribution in [0, 0.1) is 6.92 Å². The van der Waals surface area contributed by atoms with Gasteiger partial charge in [-0.05, 0) is 60.1 Å². The second kappa shape index (κ2) is 7.01. The predicted molar refractivity (Wildman–Crippen MR) is 96.7 cm³/mol. The highest BCUT2D eigenvalue weighted by molar-refractivity contribution is 9.10. The van der Waals surface area contributed by atoms with Crippen molar-refractivity contribution in [2.24, 2.45) is 0 Å². The van der Waals surface area contributed by atoms with E-state index in [0.717, 1.165) is 11.1 Å². The van der Waals surface area contributed by atoms with Crippen LogP contribution >= 0.6 is 15.9 Å². The summed E-state index contributed by atoms with van der Waals surface area (Å²) in [6.07, 6.45) is 0. The number of rotatable bonds is 4. The molecule has 0 amide bonds. The topological polar surface area (TPSA) is 48.4 Å². The number of pyridine rings is 1. The number of carbonyl (C=O) groups is 1. The number of esters is 1. The van der Waals surface area contributed by atoms with Crippen LogP contribution in [-0.4, -0.2) is 17.6 Å². The van der Waals surface area contributed by atoms with Crippen molar-refractivity contribution >= 4 is 32.8 Å². The molecule has 1 heterocycles. The van der Waals surface area contributed by atoms with Crippen molar-refractivity contribution < 1.29 is 14.3 Å². The van der Waals surface area contributed by atoms with Crippen molar-refractivity contribution in [3.8, 4) is 11.5 Å². The zero-order valence-corrected chi connectivity index (χ0v) is 15.0. The number of aromatic nitrogens is 1. The van der Waals surface area contributed by atoms with Crippen LogP contribution < -0.4 is 9.47 Å². The van der Waals surface area contributed by atoms with Crippen LogP contribution in [0.5, 0.6) is 11.5 Å². The number of hydrogen-bond donors (Lipinski definition) is 0. The van der Waals surface area contributed by atoms with Crippen LogP contribution in [0.2, 0.25) is 0 Å². The fourth-order valence-electron chi connectivity index (χ4n) is 2.36. The van der Waals surface area contributed by atoms with Crippen LogP contribution in [0.1, 0.15) is 23.0 Å². The first-order valence-corrected chi connectivity index (χ1v) is 8.38. The molecule has 0 saturated carbocycles. The standard InChI is InChI=1S/C19H16BrNO3/c1-3-23-16-10-9-14(11-15(16)20)19(22)24-17-6-4-5-13-8-7-12(2)21-18(13)17/h4-11H,3H2,1-2H3. The molecule has 0 spiro atoms. The van der Waals surface area contributed by atoms with Crippen molar-refractivity contribution in [2.75, 3.05) is 6.61 Å². The number of hydrogen-bond acceptors (Lipinski definition) is 4. The van der Waals surface area contributed by atoms with E-state index in [2.05, 4.69) is 20.9 Å². The predicted octanol–water partition coefficient (Wildman–Crippen LogP) is 4.92. The molecule has 3 aromatic rings. The minimum absolute atomic E-state index is 0.436. The Morgan fingerprint density at radius 2 is 1.96 bits per heavy atom. The molecule has 0 bridgehead atoms. The van der Waals surface area contributed by atoms with Crippen molar-refractivity contribution in [1.82, 2.24) is 4.98 Å². The van der Waals surface area contributed by atoms with Gasteiger partial charge < -0.3 is 9.47 Å². The minimum Gasteiger partial charge on any atom is -0.493 e. The molecule has 0 radical (unpaired) electrons. The highest BCUT2D eigenvalue weighted by Crippen LogP contribution is 2.28. The van der Waals surface area contributed by atoms with E-state index >= 15 is 0 Å². The van der Waals surface area contributed by atoms with Crippen LogP contribution in [-0.2, 0) is 0 Å². The Bertz CT molecular complexity index is 908. The zero-order chi connectivity index (χ0) is 17.1. The van der Waals surface area contributed by atoms with E-state index in [0.29, 0.717) is 33.7 Å². The molecule has 0 saturated heterocycles. The van der Waals surface area contributed by atoms with E-state index in [9.17, 15) is 4.79 Å². The summed E-state index contributed by atoms with van der Waals surface area (Å²) in [5.74, 6) is 0.706. The van der Waals surface area contributed by atoms with Crippen LogP contribution in [0.25, 0.3) is 10.9 Å². The second-order valence-electron chi connectivity index (χ2n) is 5.25. The van der Waals surface area contributed by atoms with Gasteiger partial charge in [-0.2, -0.15) is 0 Å². The molecule has 2 aromatic carbocycles. The summed E-state index contributed by atoms with van der Waals surface area (Å²) in [6.45, 7) is 4.37. The molecule has 0 aliphatic heterocycles. The van der Waals surface area contributed by atoms with Gasteiger partial charge in [0.2, 0.25) is 0 Å². The lowest BCUT2D eigenvalue weighted by atomic mass is 10.2. The summed E-state index contributed by atoms with van der Waals surface area (Å²) in [4.78, 5) is 16.9. The van der Waals surface area contributed by atoms with Gasteiger partial charge in [-0.3, -0.25) is 0 Å². The SMILES string of the molecule is CCOc1ccc(C(=O)Oc2cccc3ccc(C)nc23)cc1Br. The molecule has 4 nitrogen and oxygen atoms in total. The molecule has 3 rings (SSSR count). The summed E-state index contributed by atoms with van der Waals surface area (Å²) in [6, 6.07) is 14.5. The van der Waals surface area contributed by atoms with Gasteiger partial charge in [-0.1, -0.05) is 18.2 Å². The van der Waals surface area contributed by atoms with Gasteiger partial charge in [0.05, 0.1) is 16.6 Å². The number of aryl methyl sites for hydroxylation is 1. The Hall–Kier alpha value is -2.40. The maximum Gasteiger partial charge on any atom is 0.343 e. The summed E-state index contributed by atoms with van der Waals surface area (Å²) >= 11 is 3.41. The average Bonchev–Trinajstić information content (AvgIpc) is 2.57. The summed E-state index contributed by atoms with van der Waals surface area (Å²) in [5.41, 5.74) is 1.99. The van der Waals surface area contributed by atoms with Crippen molar-refractivity contribution in [3.63, 3.8) is 0 Å². The molecule has 5 heteroatoms. The summed E-state index contributed by atoms with van der Waals surface area (Å²) in [7, 11) is 0. The quantitative estimate of drug-likeness (QED) is 0.472. The van der Waals surface area contributed by atoms with E-state index in [-0.39, 0.29) is 0 Å². The van der Waals surface area contributed by atoms with Gasteiger partial charge in [0.15, 0.2) is 5.75 Å². The normalized spacial score (nSPS) is 10.6. The molecule has 0 fully saturated rings. The van der Waals surface area contributed by atoms with Gasteiger partial charge >= 0.3 is 5.97 Å². The average molecular weight is 386 g/mol. The zero-order valence-electron chi connectivity index (χ0n) is 13.4. The molecule has 0 unspecified atom stereocenters. The number of para-hydroxylation sites is 1. The Morgan fingerprint density at radius 1 is 1.12 bits per heavy atom. The second-order valence-corrected chi connectivity index (χ2v) is 6.10. The maximum atomic E-state index is 12.5. The lowest BCUT2D eigenvalue weighted by Crippen LogP contribution is -2.09. The van der Waals surface area contributed by atoms with Gasteiger partial charge in [0.25, 0.3) is 0 Å². The Kier molecular flexibility index (Phi) is 4.81. The lowest BCUT2D eigenvalue weighted by Gasteiger charge is -2.10. The number of fused-ring (bicyclic) bond motifs is 1. The molecule has 0 aliphatic rings. The van der Waals surface area contributed by atoms with E-state index in [4.69, 9.17) is 9.47 Å². The third kappa shape index (κ3) is 3.41. The molecule has 1 aromatic heterocycles. The highest BCUT2D eigenvalue weighted by Gasteiger charge is 2.14. The van der Waals surface area contributed by atoms with Gasteiger partial charge in [0, 0.05) is 11.1 Å².